The van der Waals surface area contributed by atoms with Crippen LogP contribution >= 0.6 is 0 Å². The zero-order valence-corrected chi connectivity index (χ0v) is 12.0. The van der Waals surface area contributed by atoms with E-state index in [1.54, 1.807) is 0 Å². The van der Waals surface area contributed by atoms with Crippen molar-refractivity contribution in [1.82, 2.24) is 5.32 Å². The van der Waals surface area contributed by atoms with Crippen LogP contribution in [0, 0.1) is 5.41 Å². The average Bonchev–Trinajstić information content (AvgIpc) is 2.80. The van der Waals surface area contributed by atoms with E-state index in [0.29, 0.717) is 0 Å². The largest absolute Gasteiger partial charge is 0.494 e. The van der Waals surface area contributed by atoms with Crippen molar-refractivity contribution >= 4 is 0 Å². The van der Waals surface area contributed by atoms with Crippen molar-refractivity contribution in [1.29, 1.82) is 0 Å². The summed E-state index contributed by atoms with van der Waals surface area (Å²) in [6.07, 6.45) is 2.41. The summed E-state index contributed by atoms with van der Waals surface area (Å²) in [7, 11) is 0. The standard InChI is InChI=1S/C16H25NO/c1-5-18-14-10-7-6-9-13(14)16(15(2,3)4)11-8-12-17-16/h6-7,9-10,17H,5,8,11-12H2,1-4H3. The zero-order valence-electron chi connectivity index (χ0n) is 12.0. The fourth-order valence-electron chi connectivity index (χ4n) is 3.12. The van der Waals surface area contributed by atoms with Gasteiger partial charge in [-0.3, -0.25) is 0 Å². The van der Waals surface area contributed by atoms with Gasteiger partial charge in [-0.25, -0.2) is 0 Å². The van der Waals surface area contributed by atoms with Crippen LogP contribution in [0.3, 0.4) is 0 Å². The van der Waals surface area contributed by atoms with Crippen LogP contribution in [0.2, 0.25) is 0 Å². The number of ether oxygens (including phenoxy) is 1. The number of benzene rings is 1. The van der Waals surface area contributed by atoms with E-state index in [4.69, 9.17) is 4.74 Å². The molecule has 1 aromatic rings. The number of hydrogen-bond acceptors (Lipinski definition) is 2. The zero-order chi connectivity index (χ0) is 13.2. The fourth-order valence-corrected chi connectivity index (χ4v) is 3.12. The maximum absolute atomic E-state index is 5.83. The summed E-state index contributed by atoms with van der Waals surface area (Å²) in [5.41, 5.74) is 1.53. The topological polar surface area (TPSA) is 21.3 Å². The second kappa shape index (κ2) is 4.93. The summed E-state index contributed by atoms with van der Waals surface area (Å²) >= 11 is 0. The van der Waals surface area contributed by atoms with Gasteiger partial charge < -0.3 is 10.1 Å². The molecule has 0 bridgehead atoms. The molecule has 0 aliphatic carbocycles. The average molecular weight is 247 g/mol. The third-order valence-corrected chi connectivity index (χ3v) is 4.08. The Morgan fingerprint density at radius 2 is 2.00 bits per heavy atom. The smallest absolute Gasteiger partial charge is 0.124 e. The van der Waals surface area contributed by atoms with E-state index in [0.717, 1.165) is 18.9 Å². The van der Waals surface area contributed by atoms with E-state index in [-0.39, 0.29) is 11.0 Å². The lowest BCUT2D eigenvalue weighted by atomic mass is 9.68. The van der Waals surface area contributed by atoms with Crippen LogP contribution in [0.15, 0.2) is 24.3 Å². The summed E-state index contributed by atoms with van der Waals surface area (Å²) in [6, 6.07) is 8.48. The Labute approximate surface area is 111 Å². The van der Waals surface area contributed by atoms with Gasteiger partial charge in [-0.15, -0.1) is 0 Å². The van der Waals surface area contributed by atoms with Crippen LogP contribution in [0.1, 0.15) is 46.1 Å². The van der Waals surface area contributed by atoms with Crippen LogP contribution in [-0.2, 0) is 5.54 Å². The number of para-hydroxylation sites is 1. The van der Waals surface area contributed by atoms with Crippen molar-refractivity contribution < 1.29 is 4.74 Å². The molecule has 1 aliphatic rings. The summed E-state index contributed by atoms with van der Waals surface area (Å²) in [5, 5.41) is 3.75. The molecule has 1 fully saturated rings. The Bertz CT molecular complexity index is 400. The fraction of sp³-hybridized carbons (Fsp3) is 0.625. The highest BCUT2D eigenvalue weighted by atomic mass is 16.5. The molecule has 2 nitrogen and oxygen atoms in total. The van der Waals surface area contributed by atoms with Gasteiger partial charge in [0.05, 0.1) is 12.1 Å². The SMILES string of the molecule is CCOc1ccccc1C1(C(C)(C)C)CCCN1. The lowest BCUT2D eigenvalue weighted by Crippen LogP contribution is -2.48. The number of rotatable bonds is 3. The predicted octanol–water partition coefficient (Wildman–Crippen LogP) is 3.71. The first-order valence-electron chi connectivity index (χ1n) is 6.98. The number of hydrogen-bond donors (Lipinski definition) is 1. The van der Waals surface area contributed by atoms with Gasteiger partial charge >= 0.3 is 0 Å². The van der Waals surface area contributed by atoms with Gasteiger partial charge in [0.25, 0.3) is 0 Å². The van der Waals surface area contributed by atoms with Crippen molar-refractivity contribution in [3.63, 3.8) is 0 Å². The minimum Gasteiger partial charge on any atom is -0.494 e. The third-order valence-electron chi connectivity index (χ3n) is 4.08. The molecule has 18 heavy (non-hydrogen) atoms. The van der Waals surface area contributed by atoms with E-state index in [1.807, 2.05) is 6.92 Å². The molecule has 1 heterocycles. The van der Waals surface area contributed by atoms with Crippen molar-refractivity contribution in [2.24, 2.45) is 5.41 Å². The molecule has 1 atom stereocenters. The maximum atomic E-state index is 5.83. The van der Waals surface area contributed by atoms with Crippen molar-refractivity contribution in [2.75, 3.05) is 13.2 Å². The molecular formula is C16H25NO. The third kappa shape index (κ3) is 2.14. The van der Waals surface area contributed by atoms with Crippen LogP contribution in [0.4, 0.5) is 0 Å². The maximum Gasteiger partial charge on any atom is 0.124 e. The Hall–Kier alpha value is -1.02. The van der Waals surface area contributed by atoms with Crippen molar-refractivity contribution in [2.45, 2.75) is 46.1 Å². The van der Waals surface area contributed by atoms with Crippen LogP contribution in [0.5, 0.6) is 5.75 Å². The normalized spacial score (nSPS) is 24.2. The Morgan fingerprint density at radius 3 is 2.56 bits per heavy atom. The first-order valence-corrected chi connectivity index (χ1v) is 6.98. The van der Waals surface area contributed by atoms with Gasteiger partial charge in [-0.05, 0) is 37.8 Å². The van der Waals surface area contributed by atoms with Crippen LogP contribution in [-0.4, -0.2) is 13.2 Å². The Kier molecular flexibility index (Phi) is 3.67. The first kappa shape index (κ1) is 13.4. The number of nitrogens with one attached hydrogen (secondary N) is 1. The molecule has 2 heteroatoms. The highest BCUT2D eigenvalue weighted by molar-refractivity contribution is 5.41. The second-order valence-corrected chi connectivity index (χ2v) is 6.11. The molecule has 1 unspecified atom stereocenters. The molecule has 0 radical (unpaired) electrons. The van der Waals surface area contributed by atoms with Gasteiger partial charge in [0.1, 0.15) is 5.75 Å². The Morgan fingerprint density at radius 1 is 1.28 bits per heavy atom. The summed E-state index contributed by atoms with van der Waals surface area (Å²) in [4.78, 5) is 0. The van der Waals surface area contributed by atoms with Gasteiger partial charge in [0.15, 0.2) is 0 Å². The van der Waals surface area contributed by atoms with Crippen LogP contribution < -0.4 is 10.1 Å². The second-order valence-electron chi connectivity index (χ2n) is 6.11. The first-order chi connectivity index (χ1) is 8.51. The lowest BCUT2D eigenvalue weighted by molar-refractivity contribution is 0.154. The van der Waals surface area contributed by atoms with Gasteiger partial charge in [0.2, 0.25) is 0 Å². The van der Waals surface area contributed by atoms with E-state index in [1.165, 1.54) is 18.4 Å². The van der Waals surface area contributed by atoms with Crippen molar-refractivity contribution in [3.05, 3.63) is 29.8 Å². The summed E-state index contributed by atoms with van der Waals surface area (Å²) in [5.74, 6) is 1.03. The van der Waals surface area contributed by atoms with E-state index < -0.39 is 0 Å². The predicted molar refractivity (Wildman–Crippen MR) is 76.0 cm³/mol. The lowest BCUT2D eigenvalue weighted by Gasteiger charge is -2.43. The molecule has 1 aliphatic heterocycles. The van der Waals surface area contributed by atoms with E-state index in [9.17, 15) is 0 Å². The molecule has 0 amide bonds. The monoisotopic (exact) mass is 247 g/mol. The molecule has 0 spiro atoms. The molecule has 2 rings (SSSR count). The highest BCUT2D eigenvalue weighted by Gasteiger charge is 2.46. The molecule has 1 aromatic carbocycles. The molecular weight excluding hydrogens is 222 g/mol. The van der Waals surface area contributed by atoms with Gasteiger partial charge in [-0.1, -0.05) is 39.0 Å². The van der Waals surface area contributed by atoms with Crippen LogP contribution in [0.25, 0.3) is 0 Å². The van der Waals surface area contributed by atoms with Crippen molar-refractivity contribution in [3.8, 4) is 5.75 Å². The molecule has 1 N–H and O–H groups in total. The molecule has 1 saturated heterocycles. The highest BCUT2D eigenvalue weighted by Crippen LogP contribution is 2.48. The quantitative estimate of drug-likeness (QED) is 0.879. The Balaban J connectivity index is 2.50. The summed E-state index contributed by atoms with van der Waals surface area (Å²) in [6.45, 7) is 10.8. The van der Waals surface area contributed by atoms with E-state index >= 15 is 0 Å². The van der Waals surface area contributed by atoms with Gasteiger partial charge in [0, 0.05) is 5.56 Å². The molecule has 0 saturated carbocycles. The molecule has 100 valence electrons. The minimum absolute atomic E-state index is 0.0404. The molecule has 0 aromatic heterocycles. The minimum atomic E-state index is 0.0404. The van der Waals surface area contributed by atoms with E-state index in [2.05, 4.69) is 50.4 Å². The summed E-state index contributed by atoms with van der Waals surface area (Å²) < 4.78 is 5.83. The van der Waals surface area contributed by atoms with Gasteiger partial charge in [-0.2, -0.15) is 0 Å².